The highest BCUT2D eigenvalue weighted by atomic mass is 28.3. The molecule has 0 fully saturated rings. The average molecular weight is 254 g/mol. The van der Waals surface area contributed by atoms with E-state index in [4.69, 9.17) is 0 Å². The lowest BCUT2D eigenvalue weighted by atomic mass is 10.1. The first-order chi connectivity index (χ1) is 7.95. The molecule has 17 heavy (non-hydrogen) atoms. The molecule has 0 heterocycles. The van der Waals surface area contributed by atoms with Gasteiger partial charge in [-0.05, 0) is 6.42 Å². The number of unbranched alkanes of at least 4 members (excludes halogenated alkanes) is 5. The van der Waals surface area contributed by atoms with Crippen molar-refractivity contribution in [3.63, 3.8) is 0 Å². The molecule has 1 N–H and O–H groups in total. The van der Waals surface area contributed by atoms with Gasteiger partial charge in [-0.15, -0.1) is 11.5 Å². The Labute approximate surface area is 109 Å². The number of aliphatic hydroxyl groups excluding tert-OH is 1. The Hall–Kier alpha value is -0.263. The predicted molar refractivity (Wildman–Crippen MR) is 79.7 cm³/mol. The van der Waals surface area contributed by atoms with Crippen molar-refractivity contribution in [3.8, 4) is 11.5 Å². The molecule has 0 aromatic rings. The molecule has 0 aliphatic rings. The maximum atomic E-state index is 9.76. The summed E-state index contributed by atoms with van der Waals surface area (Å²) < 4.78 is 0. The molecule has 0 saturated carbocycles. The third-order valence-corrected chi connectivity index (χ3v) is 3.62. The van der Waals surface area contributed by atoms with Gasteiger partial charge in [0, 0.05) is 6.42 Å². The molecular formula is C15H30OSi. The second-order valence-electron chi connectivity index (χ2n) is 5.97. The molecule has 0 spiro atoms. The van der Waals surface area contributed by atoms with E-state index in [9.17, 15) is 5.11 Å². The van der Waals surface area contributed by atoms with Gasteiger partial charge >= 0.3 is 0 Å². The van der Waals surface area contributed by atoms with E-state index in [-0.39, 0.29) is 6.10 Å². The van der Waals surface area contributed by atoms with Gasteiger partial charge in [-0.25, -0.2) is 0 Å². The van der Waals surface area contributed by atoms with Gasteiger partial charge in [0.1, 0.15) is 8.07 Å². The summed E-state index contributed by atoms with van der Waals surface area (Å²) in [6.07, 6.45) is 9.12. The van der Waals surface area contributed by atoms with Crippen LogP contribution in [0.15, 0.2) is 0 Å². The zero-order valence-electron chi connectivity index (χ0n) is 12.2. The summed E-state index contributed by atoms with van der Waals surface area (Å²) in [4.78, 5) is 0. The van der Waals surface area contributed by atoms with Gasteiger partial charge < -0.3 is 5.11 Å². The maximum absolute atomic E-state index is 9.76. The van der Waals surface area contributed by atoms with Gasteiger partial charge in [0.15, 0.2) is 0 Å². The van der Waals surface area contributed by atoms with Crippen molar-refractivity contribution in [1.82, 2.24) is 0 Å². The third kappa shape index (κ3) is 13.7. The lowest BCUT2D eigenvalue weighted by Crippen LogP contribution is -2.16. The molecule has 0 radical (unpaired) electrons. The van der Waals surface area contributed by atoms with E-state index >= 15 is 0 Å². The summed E-state index contributed by atoms with van der Waals surface area (Å²) in [7, 11) is -1.25. The van der Waals surface area contributed by atoms with Gasteiger partial charge in [-0.2, -0.15) is 0 Å². The van der Waals surface area contributed by atoms with Crippen molar-refractivity contribution >= 4 is 8.07 Å². The summed E-state index contributed by atoms with van der Waals surface area (Å²) in [5.74, 6) is 3.15. The van der Waals surface area contributed by atoms with E-state index in [0.29, 0.717) is 6.42 Å². The molecular weight excluding hydrogens is 224 g/mol. The quantitative estimate of drug-likeness (QED) is 0.387. The third-order valence-electron chi connectivity index (χ3n) is 2.69. The monoisotopic (exact) mass is 254 g/mol. The van der Waals surface area contributed by atoms with E-state index in [0.717, 1.165) is 12.8 Å². The maximum Gasteiger partial charge on any atom is 0.129 e. The lowest BCUT2D eigenvalue weighted by Gasteiger charge is -2.07. The molecule has 0 amide bonds. The summed E-state index contributed by atoms with van der Waals surface area (Å²) in [6.45, 7) is 8.95. The molecule has 0 aliphatic carbocycles. The Balaban J connectivity index is 3.46. The van der Waals surface area contributed by atoms with Crippen LogP contribution >= 0.6 is 0 Å². The van der Waals surface area contributed by atoms with E-state index in [1.54, 1.807) is 0 Å². The Bertz CT molecular complexity index is 232. The standard InChI is InChI=1S/C15H30OSi/c1-5-6-7-8-9-10-12-15(16)13-11-14-17(2,3)4/h15-16H,5-10,12-13H2,1-4H3. The van der Waals surface area contributed by atoms with Crippen LogP contribution in [0.2, 0.25) is 19.6 Å². The van der Waals surface area contributed by atoms with E-state index in [2.05, 4.69) is 38.0 Å². The van der Waals surface area contributed by atoms with Crippen LogP contribution in [-0.2, 0) is 0 Å². The molecule has 0 aliphatic heterocycles. The summed E-state index contributed by atoms with van der Waals surface area (Å²) >= 11 is 0. The number of hydrogen-bond acceptors (Lipinski definition) is 1. The average Bonchev–Trinajstić information content (AvgIpc) is 2.21. The molecule has 0 aromatic carbocycles. The van der Waals surface area contributed by atoms with Crippen LogP contribution < -0.4 is 0 Å². The highest BCUT2D eigenvalue weighted by Crippen LogP contribution is 2.10. The molecule has 1 nitrogen and oxygen atoms in total. The minimum atomic E-state index is -1.25. The normalized spacial score (nSPS) is 13.0. The van der Waals surface area contributed by atoms with Crippen molar-refractivity contribution in [2.75, 3.05) is 0 Å². The van der Waals surface area contributed by atoms with Crippen LogP contribution in [0, 0.1) is 11.5 Å². The number of aliphatic hydroxyl groups is 1. The van der Waals surface area contributed by atoms with Crippen molar-refractivity contribution in [3.05, 3.63) is 0 Å². The number of rotatable bonds is 8. The lowest BCUT2D eigenvalue weighted by molar-refractivity contribution is 0.166. The number of hydrogen-bond donors (Lipinski definition) is 1. The topological polar surface area (TPSA) is 20.2 Å². The molecule has 0 aromatic heterocycles. The van der Waals surface area contributed by atoms with Gasteiger partial charge in [-0.1, -0.05) is 65.1 Å². The van der Waals surface area contributed by atoms with Gasteiger partial charge in [0.05, 0.1) is 6.10 Å². The van der Waals surface area contributed by atoms with Crippen LogP contribution in [0.4, 0.5) is 0 Å². The first-order valence-corrected chi connectivity index (χ1v) is 10.6. The van der Waals surface area contributed by atoms with E-state index in [1.165, 1.54) is 32.1 Å². The fourth-order valence-corrected chi connectivity index (χ4v) is 2.33. The van der Waals surface area contributed by atoms with Crippen molar-refractivity contribution in [2.45, 2.75) is 84.0 Å². The van der Waals surface area contributed by atoms with Crippen molar-refractivity contribution < 1.29 is 5.11 Å². The van der Waals surface area contributed by atoms with Crippen molar-refractivity contribution in [1.29, 1.82) is 0 Å². The molecule has 1 atom stereocenters. The zero-order chi connectivity index (χ0) is 13.1. The predicted octanol–water partition coefficient (Wildman–Crippen LogP) is 4.37. The van der Waals surface area contributed by atoms with Gasteiger partial charge in [0.25, 0.3) is 0 Å². The Morgan fingerprint density at radius 3 is 2.18 bits per heavy atom. The largest absolute Gasteiger partial charge is 0.392 e. The fourth-order valence-electron chi connectivity index (χ4n) is 1.70. The van der Waals surface area contributed by atoms with Crippen LogP contribution in [0.25, 0.3) is 0 Å². The highest BCUT2D eigenvalue weighted by Gasteiger charge is 2.08. The van der Waals surface area contributed by atoms with E-state index in [1.807, 2.05) is 0 Å². The molecule has 0 saturated heterocycles. The Morgan fingerprint density at radius 2 is 1.59 bits per heavy atom. The van der Waals surface area contributed by atoms with Crippen LogP contribution in [0.1, 0.15) is 58.3 Å². The second-order valence-corrected chi connectivity index (χ2v) is 10.7. The first-order valence-electron chi connectivity index (χ1n) is 7.14. The minimum Gasteiger partial charge on any atom is -0.392 e. The Kier molecular flexibility index (Phi) is 9.58. The highest BCUT2D eigenvalue weighted by molar-refractivity contribution is 6.83. The fraction of sp³-hybridized carbons (Fsp3) is 0.867. The first kappa shape index (κ1) is 16.7. The van der Waals surface area contributed by atoms with Crippen LogP contribution in [0.3, 0.4) is 0 Å². The van der Waals surface area contributed by atoms with Gasteiger partial charge in [0.2, 0.25) is 0 Å². The van der Waals surface area contributed by atoms with E-state index < -0.39 is 8.07 Å². The van der Waals surface area contributed by atoms with Crippen molar-refractivity contribution in [2.24, 2.45) is 0 Å². The summed E-state index contributed by atoms with van der Waals surface area (Å²) in [5.41, 5.74) is 3.30. The molecule has 0 rings (SSSR count). The van der Waals surface area contributed by atoms with Gasteiger partial charge in [-0.3, -0.25) is 0 Å². The summed E-state index contributed by atoms with van der Waals surface area (Å²) in [5, 5.41) is 9.76. The summed E-state index contributed by atoms with van der Waals surface area (Å²) in [6, 6.07) is 0. The SMILES string of the molecule is CCCCCCCCC(O)CC#C[Si](C)(C)C. The molecule has 100 valence electrons. The molecule has 2 heteroatoms. The second kappa shape index (κ2) is 9.73. The van der Waals surface area contributed by atoms with Crippen LogP contribution in [-0.4, -0.2) is 19.3 Å². The minimum absolute atomic E-state index is 0.204. The Morgan fingerprint density at radius 1 is 1.00 bits per heavy atom. The smallest absolute Gasteiger partial charge is 0.129 e. The zero-order valence-corrected chi connectivity index (χ0v) is 13.2. The molecule has 1 unspecified atom stereocenters. The van der Waals surface area contributed by atoms with Crippen LogP contribution in [0.5, 0.6) is 0 Å². The molecule has 0 bridgehead atoms.